The van der Waals surface area contributed by atoms with Gasteiger partial charge in [-0.2, -0.15) is 5.11 Å². The van der Waals surface area contributed by atoms with Crippen LogP contribution in [-0.4, -0.2) is 18.1 Å². The molecule has 120 valence electrons. The fourth-order valence-electron chi connectivity index (χ4n) is 2.36. The van der Waals surface area contributed by atoms with E-state index in [0.29, 0.717) is 16.8 Å². The predicted molar refractivity (Wildman–Crippen MR) is 91.3 cm³/mol. The van der Waals surface area contributed by atoms with E-state index in [9.17, 15) is 9.90 Å². The molecule has 0 bridgehead atoms. The number of carbonyl (C=O) groups excluding carboxylic acids is 1. The van der Waals surface area contributed by atoms with Gasteiger partial charge in [-0.1, -0.05) is 24.3 Å². The summed E-state index contributed by atoms with van der Waals surface area (Å²) < 4.78 is 5.09. The number of primary amides is 1. The van der Waals surface area contributed by atoms with E-state index in [1.165, 1.54) is 0 Å². The summed E-state index contributed by atoms with van der Waals surface area (Å²) in [4.78, 5) is 11.5. The Morgan fingerprint density at radius 1 is 1.08 bits per heavy atom. The number of nitrogens with zero attached hydrogens (tertiary/aromatic N) is 2. The number of rotatable bonds is 4. The van der Waals surface area contributed by atoms with E-state index in [1.807, 2.05) is 18.2 Å². The monoisotopic (exact) mass is 321 g/mol. The Morgan fingerprint density at radius 2 is 1.79 bits per heavy atom. The lowest BCUT2D eigenvalue weighted by Crippen LogP contribution is -2.11. The van der Waals surface area contributed by atoms with Crippen molar-refractivity contribution in [3.8, 4) is 11.5 Å². The Bertz CT molecular complexity index is 934. The number of nitrogens with two attached hydrogens (primary N) is 1. The molecular formula is C18H15N3O3. The van der Waals surface area contributed by atoms with Crippen LogP contribution in [0.3, 0.4) is 0 Å². The number of ether oxygens (including phenoxy) is 1. The average Bonchev–Trinajstić information content (AvgIpc) is 2.60. The maximum atomic E-state index is 11.5. The van der Waals surface area contributed by atoms with Crippen LogP contribution < -0.4 is 10.5 Å². The molecule has 0 atom stereocenters. The average molecular weight is 321 g/mol. The van der Waals surface area contributed by atoms with Crippen molar-refractivity contribution in [2.45, 2.75) is 0 Å². The zero-order valence-corrected chi connectivity index (χ0v) is 12.9. The first-order chi connectivity index (χ1) is 11.6. The van der Waals surface area contributed by atoms with Gasteiger partial charge in [0.2, 0.25) is 0 Å². The molecule has 3 N–H and O–H groups in total. The molecule has 0 aliphatic carbocycles. The molecule has 6 heteroatoms. The molecule has 0 fully saturated rings. The van der Waals surface area contributed by atoms with Crippen molar-refractivity contribution in [3.05, 3.63) is 60.2 Å². The van der Waals surface area contributed by atoms with Gasteiger partial charge in [0.05, 0.1) is 18.4 Å². The van der Waals surface area contributed by atoms with Gasteiger partial charge in [0.15, 0.2) is 5.75 Å². The normalized spacial score (nSPS) is 11.0. The van der Waals surface area contributed by atoms with Crippen molar-refractivity contribution in [2.75, 3.05) is 7.11 Å². The second-order valence-electron chi connectivity index (χ2n) is 5.10. The molecule has 0 saturated carbocycles. The van der Waals surface area contributed by atoms with Gasteiger partial charge in [0.1, 0.15) is 11.4 Å². The van der Waals surface area contributed by atoms with Crippen molar-refractivity contribution in [3.63, 3.8) is 0 Å². The van der Waals surface area contributed by atoms with Crippen LogP contribution in [0.5, 0.6) is 11.5 Å². The summed E-state index contributed by atoms with van der Waals surface area (Å²) >= 11 is 0. The number of hydrogen-bond donors (Lipinski definition) is 2. The van der Waals surface area contributed by atoms with Gasteiger partial charge in [-0.25, -0.2) is 0 Å². The minimum absolute atomic E-state index is 0.0115. The van der Waals surface area contributed by atoms with Gasteiger partial charge in [0.25, 0.3) is 5.91 Å². The number of hydrogen-bond acceptors (Lipinski definition) is 5. The van der Waals surface area contributed by atoms with Crippen LogP contribution in [0.2, 0.25) is 0 Å². The smallest absolute Gasteiger partial charge is 0.252 e. The van der Waals surface area contributed by atoms with Crippen molar-refractivity contribution < 1.29 is 14.6 Å². The molecule has 0 radical (unpaired) electrons. The van der Waals surface area contributed by atoms with E-state index in [-0.39, 0.29) is 17.0 Å². The molecule has 0 saturated heterocycles. The van der Waals surface area contributed by atoms with Gasteiger partial charge in [-0.15, -0.1) is 5.11 Å². The molecule has 1 amide bonds. The second kappa shape index (κ2) is 6.37. The summed E-state index contributed by atoms with van der Waals surface area (Å²) in [5, 5.41) is 20.0. The first-order valence-electron chi connectivity index (χ1n) is 7.20. The Balaban J connectivity index is 2.11. The third kappa shape index (κ3) is 2.89. The first-order valence-corrected chi connectivity index (χ1v) is 7.20. The minimum atomic E-state index is -0.723. The molecule has 24 heavy (non-hydrogen) atoms. The third-order valence-electron chi connectivity index (χ3n) is 3.60. The fraction of sp³-hybridized carbons (Fsp3) is 0.0556. The van der Waals surface area contributed by atoms with Gasteiger partial charge in [-0.3, -0.25) is 4.79 Å². The Kier molecular flexibility index (Phi) is 4.11. The van der Waals surface area contributed by atoms with Crippen molar-refractivity contribution in [1.29, 1.82) is 0 Å². The molecule has 0 heterocycles. The number of azo groups is 1. The quantitative estimate of drug-likeness (QED) is 0.709. The lowest BCUT2D eigenvalue weighted by Gasteiger charge is -2.08. The molecule has 3 rings (SSSR count). The number of amides is 1. The zero-order valence-electron chi connectivity index (χ0n) is 12.9. The molecule has 6 nitrogen and oxygen atoms in total. The van der Waals surface area contributed by atoms with Crippen LogP contribution in [0.1, 0.15) is 10.4 Å². The maximum Gasteiger partial charge on any atom is 0.252 e. The number of benzene rings is 3. The summed E-state index contributed by atoms with van der Waals surface area (Å²) in [5.74, 6) is -0.296. The van der Waals surface area contributed by atoms with E-state index >= 15 is 0 Å². The standard InChI is InChI=1S/C18H15N3O3/c1-24-13-8-6-12(7-9-13)20-21-16-14-5-3-2-4-11(14)10-15(17(16)22)18(19)23/h2-10,22H,1H3,(H2,19,23). The molecule has 3 aromatic rings. The minimum Gasteiger partial charge on any atom is -0.505 e. The summed E-state index contributed by atoms with van der Waals surface area (Å²) in [6.07, 6.45) is 0. The first kappa shape index (κ1) is 15.5. The van der Waals surface area contributed by atoms with E-state index in [2.05, 4.69) is 10.2 Å². The maximum absolute atomic E-state index is 11.5. The van der Waals surface area contributed by atoms with Crippen molar-refractivity contribution in [1.82, 2.24) is 0 Å². The van der Waals surface area contributed by atoms with Crippen molar-refractivity contribution in [2.24, 2.45) is 16.0 Å². The molecule has 3 aromatic carbocycles. The fourth-order valence-corrected chi connectivity index (χ4v) is 2.36. The molecule has 0 aliphatic rings. The summed E-state index contributed by atoms with van der Waals surface area (Å²) in [6, 6.07) is 15.8. The Labute approximate surface area is 138 Å². The van der Waals surface area contributed by atoms with Crippen LogP contribution in [0.4, 0.5) is 11.4 Å². The highest BCUT2D eigenvalue weighted by molar-refractivity contribution is 6.06. The van der Waals surface area contributed by atoms with Crippen LogP contribution >= 0.6 is 0 Å². The van der Waals surface area contributed by atoms with Gasteiger partial charge in [0, 0.05) is 5.39 Å². The van der Waals surface area contributed by atoms with Gasteiger partial charge in [-0.05, 0) is 35.7 Å². The molecule has 0 spiro atoms. The van der Waals surface area contributed by atoms with E-state index in [1.54, 1.807) is 43.5 Å². The summed E-state index contributed by atoms with van der Waals surface area (Å²) in [7, 11) is 1.58. The number of fused-ring (bicyclic) bond motifs is 1. The van der Waals surface area contributed by atoms with Crippen LogP contribution in [0.15, 0.2) is 64.8 Å². The summed E-state index contributed by atoms with van der Waals surface area (Å²) in [6.45, 7) is 0. The third-order valence-corrected chi connectivity index (χ3v) is 3.60. The number of carbonyl (C=O) groups is 1. The highest BCUT2D eigenvalue weighted by Gasteiger charge is 2.16. The SMILES string of the molecule is COc1ccc(N=Nc2c(O)c(C(N)=O)cc3ccccc23)cc1. The van der Waals surface area contributed by atoms with E-state index in [0.717, 1.165) is 5.39 Å². The van der Waals surface area contributed by atoms with Gasteiger partial charge < -0.3 is 15.6 Å². The Morgan fingerprint density at radius 3 is 2.46 bits per heavy atom. The lowest BCUT2D eigenvalue weighted by atomic mass is 10.0. The summed E-state index contributed by atoms with van der Waals surface area (Å²) in [5.41, 5.74) is 6.13. The zero-order chi connectivity index (χ0) is 17.1. The highest BCUT2D eigenvalue weighted by Crippen LogP contribution is 2.39. The van der Waals surface area contributed by atoms with Gasteiger partial charge >= 0.3 is 0 Å². The van der Waals surface area contributed by atoms with Crippen LogP contribution in [0, 0.1) is 0 Å². The highest BCUT2D eigenvalue weighted by atomic mass is 16.5. The van der Waals surface area contributed by atoms with E-state index in [4.69, 9.17) is 10.5 Å². The Hall–Kier alpha value is -3.41. The van der Waals surface area contributed by atoms with Crippen molar-refractivity contribution >= 4 is 28.1 Å². The second-order valence-corrected chi connectivity index (χ2v) is 5.10. The predicted octanol–water partition coefficient (Wildman–Crippen LogP) is 4.07. The van der Waals surface area contributed by atoms with E-state index < -0.39 is 5.91 Å². The molecule has 0 unspecified atom stereocenters. The molecular weight excluding hydrogens is 306 g/mol. The topological polar surface area (TPSA) is 97.3 Å². The molecule has 0 aromatic heterocycles. The van der Waals surface area contributed by atoms with Crippen LogP contribution in [-0.2, 0) is 0 Å². The number of phenols is 1. The molecule has 0 aliphatic heterocycles. The van der Waals surface area contributed by atoms with Crippen LogP contribution in [0.25, 0.3) is 10.8 Å². The lowest BCUT2D eigenvalue weighted by molar-refractivity contribution is 0.0998. The number of methoxy groups -OCH3 is 1. The number of aromatic hydroxyl groups is 1. The largest absolute Gasteiger partial charge is 0.505 e.